The van der Waals surface area contributed by atoms with Gasteiger partial charge in [0.2, 0.25) is 0 Å². The van der Waals surface area contributed by atoms with Crippen molar-refractivity contribution in [1.29, 1.82) is 0 Å². The number of hydrogen-bond donors (Lipinski definition) is 1. The molecule has 7 nitrogen and oxygen atoms in total. The van der Waals surface area contributed by atoms with E-state index < -0.39 is 17.8 Å². The van der Waals surface area contributed by atoms with Crippen LogP contribution in [-0.2, 0) is 23.8 Å². The summed E-state index contributed by atoms with van der Waals surface area (Å²) in [6, 6.07) is 3.40. The zero-order chi connectivity index (χ0) is 16.3. The molecule has 0 aliphatic carbocycles. The van der Waals surface area contributed by atoms with E-state index in [1.165, 1.54) is 12.1 Å². The monoisotopic (exact) mass is 311 g/mol. The molecule has 0 saturated carbocycles. The number of rotatable bonds is 3. The summed E-state index contributed by atoms with van der Waals surface area (Å²) in [4.78, 5) is 24.9. The van der Waals surface area contributed by atoms with Crippen molar-refractivity contribution in [1.82, 2.24) is 0 Å². The Labute approximate surface area is 125 Å². The van der Waals surface area contributed by atoms with Gasteiger partial charge in [-0.3, -0.25) is 0 Å². The molecular weight excluding hydrogens is 297 g/mol. The zero-order valence-electron chi connectivity index (χ0n) is 12.0. The standard InChI is InChI=1S/C14H14FNO6/c1-20-13(18)9-6-22-7-16(12(9)14(19)21-2)11-4-3-8(17)5-10(11)15/h3-5,17H,6-7H2,1-2H3. The number of nitrogens with zero attached hydrogens (tertiary/aromatic N) is 1. The normalized spacial score (nSPS) is 14.8. The average molecular weight is 311 g/mol. The molecule has 0 radical (unpaired) electrons. The van der Waals surface area contributed by atoms with Crippen molar-refractivity contribution >= 4 is 17.6 Å². The lowest BCUT2D eigenvalue weighted by Crippen LogP contribution is -2.39. The molecule has 0 saturated heterocycles. The number of ether oxygens (including phenoxy) is 3. The van der Waals surface area contributed by atoms with Gasteiger partial charge in [0.05, 0.1) is 32.1 Å². The summed E-state index contributed by atoms with van der Waals surface area (Å²) in [5.74, 6) is -2.65. The van der Waals surface area contributed by atoms with Crippen LogP contribution in [0.5, 0.6) is 5.75 Å². The fourth-order valence-electron chi connectivity index (χ4n) is 2.05. The molecule has 2 rings (SSSR count). The van der Waals surface area contributed by atoms with E-state index in [0.29, 0.717) is 0 Å². The van der Waals surface area contributed by atoms with Crippen molar-refractivity contribution in [2.24, 2.45) is 0 Å². The van der Waals surface area contributed by atoms with E-state index in [2.05, 4.69) is 9.47 Å². The van der Waals surface area contributed by atoms with Crippen LogP contribution in [0.3, 0.4) is 0 Å². The van der Waals surface area contributed by atoms with Gasteiger partial charge in [0.25, 0.3) is 0 Å². The Kier molecular flexibility index (Phi) is 4.62. The maximum Gasteiger partial charge on any atom is 0.355 e. The number of phenolic OH excluding ortho intramolecular Hbond substituents is 1. The van der Waals surface area contributed by atoms with Gasteiger partial charge >= 0.3 is 11.9 Å². The van der Waals surface area contributed by atoms with Crippen molar-refractivity contribution in [2.75, 3.05) is 32.5 Å². The molecular formula is C14H14FNO6. The summed E-state index contributed by atoms with van der Waals surface area (Å²) in [5.41, 5.74) is -0.280. The second-order valence-electron chi connectivity index (χ2n) is 4.35. The van der Waals surface area contributed by atoms with Gasteiger partial charge in [-0.25, -0.2) is 14.0 Å². The van der Waals surface area contributed by atoms with E-state index in [0.717, 1.165) is 25.2 Å². The molecule has 0 atom stereocenters. The van der Waals surface area contributed by atoms with E-state index in [1.807, 2.05) is 0 Å². The van der Waals surface area contributed by atoms with Gasteiger partial charge in [0.15, 0.2) is 5.82 Å². The number of halogens is 1. The molecule has 0 spiro atoms. The van der Waals surface area contributed by atoms with Crippen molar-refractivity contribution < 1.29 is 33.3 Å². The molecule has 1 N–H and O–H groups in total. The number of benzene rings is 1. The Morgan fingerprint density at radius 2 is 1.95 bits per heavy atom. The fourth-order valence-corrected chi connectivity index (χ4v) is 2.05. The SMILES string of the molecule is COC(=O)C1=C(C(=O)OC)N(c2ccc(O)cc2F)COC1. The third-order valence-corrected chi connectivity index (χ3v) is 3.06. The number of phenols is 1. The number of anilines is 1. The van der Waals surface area contributed by atoms with Gasteiger partial charge < -0.3 is 24.2 Å². The summed E-state index contributed by atoms with van der Waals surface area (Å²) in [6.45, 7) is -0.320. The quantitative estimate of drug-likeness (QED) is 0.831. The van der Waals surface area contributed by atoms with Crippen LogP contribution in [0.15, 0.2) is 29.5 Å². The zero-order valence-corrected chi connectivity index (χ0v) is 12.0. The molecule has 0 bridgehead atoms. The van der Waals surface area contributed by atoms with Crippen LogP contribution in [0.1, 0.15) is 0 Å². The number of esters is 2. The van der Waals surface area contributed by atoms with E-state index in [-0.39, 0.29) is 36.0 Å². The van der Waals surface area contributed by atoms with Crippen LogP contribution in [0, 0.1) is 5.82 Å². The van der Waals surface area contributed by atoms with E-state index in [4.69, 9.17) is 4.74 Å². The molecule has 0 unspecified atom stereocenters. The average Bonchev–Trinajstić information content (AvgIpc) is 2.52. The molecule has 0 fully saturated rings. The Bertz CT molecular complexity index is 642. The Balaban J connectivity index is 2.57. The molecule has 0 aromatic heterocycles. The summed E-state index contributed by atoms with van der Waals surface area (Å²) in [7, 11) is 2.30. The van der Waals surface area contributed by atoms with Crippen LogP contribution >= 0.6 is 0 Å². The number of hydrogen-bond acceptors (Lipinski definition) is 7. The minimum Gasteiger partial charge on any atom is -0.508 e. The fraction of sp³-hybridized carbons (Fsp3) is 0.286. The molecule has 1 aliphatic rings. The first-order chi connectivity index (χ1) is 10.5. The Hall–Kier alpha value is -2.61. The minimum absolute atomic E-state index is 0.0423. The highest BCUT2D eigenvalue weighted by Crippen LogP contribution is 2.30. The maximum atomic E-state index is 14.0. The van der Waals surface area contributed by atoms with Gasteiger partial charge in [-0.05, 0) is 12.1 Å². The van der Waals surface area contributed by atoms with Crippen LogP contribution in [0.4, 0.5) is 10.1 Å². The van der Waals surface area contributed by atoms with Crippen LogP contribution in [0.25, 0.3) is 0 Å². The van der Waals surface area contributed by atoms with Gasteiger partial charge in [-0.2, -0.15) is 0 Å². The van der Waals surface area contributed by atoms with Crippen molar-refractivity contribution in [3.8, 4) is 5.75 Å². The van der Waals surface area contributed by atoms with Crippen LogP contribution < -0.4 is 4.90 Å². The molecule has 8 heteroatoms. The first-order valence-corrected chi connectivity index (χ1v) is 6.23. The molecule has 1 aromatic rings. The molecule has 0 amide bonds. The summed E-state index contributed by atoms with van der Waals surface area (Å²) in [6.07, 6.45) is 0. The van der Waals surface area contributed by atoms with E-state index in [9.17, 15) is 19.1 Å². The van der Waals surface area contributed by atoms with Gasteiger partial charge in [0.1, 0.15) is 18.2 Å². The highest BCUT2D eigenvalue weighted by molar-refractivity contribution is 6.03. The molecule has 1 aromatic carbocycles. The van der Waals surface area contributed by atoms with Crippen molar-refractivity contribution in [3.63, 3.8) is 0 Å². The summed E-state index contributed by atoms with van der Waals surface area (Å²) < 4.78 is 28.5. The summed E-state index contributed by atoms with van der Waals surface area (Å²) >= 11 is 0. The summed E-state index contributed by atoms with van der Waals surface area (Å²) in [5, 5.41) is 9.27. The number of carbonyl (C=O) groups excluding carboxylic acids is 2. The topological polar surface area (TPSA) is 85.3 Å². The molecule has 118 valence electrons. The number of aromatic hydroxyl groups is 1. The van der Waals surface area contributed by atoms with Crippen molar-refractivity contribution in [3.05, 3.63) is 35.3 Å². The first kappa shape index (κ1) is 15.8. The maximum absolute atomic E-state index is 14.0. The third-order valence-electron chi connectivity index (χ3n) is 3.06. The minimum atomic E-state index is -0.823. The Morgan fingerprint density at radius 3 is 2.55 bits per heavy atom. The first-order valence-electron chi connectivity index (χ1n) is 6.23. The number of carbonyl (C=O) groups is 2. The highest BCUT2D eigenvalue weighted by Gasteiger charge is 2.33. The molecule has 1 heterocycles. The molecule has 1 aliphatic heterocycles. The second-order valence-corrected chi connectivity index (χ2v) is 4.35. The lowest BCUT2D eigenvalue weighted by Gasteiger charge is -2.31. The largest absolute Gasteiger partial charge is 0.508 e. The lowest BCUT2D eigenvalue weighted by atomic mass is 10.1. The van der Waals surface area contributed by atoms with Gasteiger partial charge in [-0.15, -0.1) is 0 Å². The Morgan fingerprint density at radius 1 is 1.27 bits per heavy atom. The van der Waals surface area contributed by atoms with Crippen LogP contribution in [-0.4, -0.2) is 44.6 Å². The van der Waals surface area contributed by atoms with Gasteiger partial charge in [-0.1, -0.05) is 0 Å². The van der Waals surface area contributed by atoms with Crippen molar-refractivity contribution in [2.45, 2.75) is 0 Å². The smallest absolute Gasteiger partial charge is 0.355 e. The lowest BCUT2D eigenvalue weighted by molar-refractivity contribution is -0.140. The highest BCUT2D eigenvalue weighted by atomic mass is 19.1. The predicted molar refractivity (Wildman–Crippen MR) is 72.4 cm³/mol. The van der Waals surface area contributed by atoms with Gasteiger partial charge in [0, 0.05) is 6.07 Å². The third kappa shape index (κ3) is 2.86. The predicted octanol–water partition coefficient (Wildman–Crippen LogP) is 0.925. The van der Waals surface area contributed by atoms with E-state index in [1.54, 1.807) is 0 Å². The number of methoxy groups -OCH3 is 2. The van der Waals surface area contributed by atoms with E-state index >= 15 is 0 Å². The second kappa shape index (κ2) is 6.44. The van der Waals surface area contributed by atoms with Crippen LogP contribution in [0.2, 0.25) is 0 Å². The molecule has 22 heavy (non-hydrogen) atoms.